The smallest absolute Gasteiger partial charge is 0.323 e. The van der Waals surface area contributed by atoms with Crippen LogP contribution in [0, 0.1) is 11.8 Å². The van der Waals surface area contributed by atoms with Gasteiger partial charge in [0.05, 0.1) is 6.61 Å². The summed E-state index contributed by atoms with van der Waals surface area (Å²) in [5.74, 6) is 0.860. The van der Waals surface area contributed by atoms with Gasteiger partial charge in [0.25, 0.3) is 0 Å². The van der Waals surface area contributed by atoms with Gasteiger partial charge in [0.1, 0.15) is 6.04 Å². The first-order valence-corrected chi connectivity index (χ1v) is 5.74. The molecule has 2 aliphatic rings. The quantitative estimate of drug-likeness (QED) is 0.553. The topological polar surface area (TPSA) is 38.3 Å². The summed E-state index contributed by atoms with van der Waals surface area (Å²) in [6.07, 6.45) is 3.27. The summed E-state index contributed by atoms with van der Waals surface area (Å²) in [5.41, 5.74) is 1.42. The maximum absolute atomic E-state index is 11.7. The van der Waals surface area contributed by atoms with E-state index in [1.165, 1.54) is 5.57 Å². The normalized spacial score (nSPS) is 38.7. The lowest BCUT2D eigenvalue weighted by Crippen LogP contribution is -2.38. The minimum Gasteiger partial charge on any atom is -0.465 e. The summed E-state index contributed by atoms with van der Waals surface area (Å²) in [5, 5.41) is 3.36. The molecule has 0 saturated carbocycles. The fourth-order valence-corrected chi connectivity index (χ4v) is 3.04. The van der Waals surface area contributed by atoms with Gasteiger partial charge in [-0.05, 0) is 39.0 Å². The Bertz CT molecular complexity index is 298. The molecular weight excluding hydrogens is 190 g/mol. The van der Waals surface area contributed by atoms with Crippen LogP contribution in [0.2, 0.25) is 0 Å². The van der Waals surface area contributed by atoms with Gasteiger partial charge in [0.15, 0.2) is 0 Å². The third-order valence-electron chi connectivity index (χ3n) is 3.65. The Hall–Kier alpha value is -0.830. The number of carbonyl (C=O) groups excluding carboxylic acids is 1. The Morgan fingerprint density at radius 2 is 2.40 bits per heavy atom. The predicted molar refractivity (Wildman–Crippen MR) is 58.4 cm³/mol. The van der Waals surface area contributed by atoms with Gasteiger partial charge in [-0.1, -0.05) is 11.6 Å². The number of ether oxygens (including phenoxy) is 1. The number of fused-ring (bicyclic) bond motifs is 1. The van der Waals surface area contributed by atoms with E-state index in [4.69, 9.17) is 4.74 Å². The molecule has 1 fully saturated rings. The summed E-state index contributed by atoms with van der Waals surface area (Å²) in [6, 6.07) is 0.293. The number of esters is 1. The van der Waals surface area contributed by atoms with Crippen molar-refractivity contribution in [1.29, 1.82) is 0 Å². The van der Waals surface area contributed by atoms with Gasteiger partial charge in [-0.15, -0.1) is 0 Å². The molecule has 0 radical (unpaired) electrons. The molecule has 0 bridgehead atoms. The van der Waals surface area contributed by atoms with Crippen molar-refractivity contribution in [2.45, 2.75) is 39.3 Å². The zero-order chi connectivity index (χ0) is 11.0. The molecule has 1 N–H and O–H groups in total. The van der Waals surface area contributed by atoms with Crippen molar-refractivity contribution in [3.8, 4) is 0 Å². The van der Waals surface area contributed by atoms with Crippen LogP contribution in [0.4, 0.5) is 0 Å². The second-order valence-corrected chi connectivity index (χ2v) is 4.56. The zero-order valence-electron chi connectivity index (χ0n) is 9.62. The Balaban J connectivity index is 2.09. The molecule has 0 aromatic carbocycles. The zero-order valence-corrected chi connectivity index (χ0v) is 9.62. The van der Waals surface area contributed by atoms with Crippen molar-refractivity contribution in [1.82, 2.24) is 5.32 Å². The third-order valence-corrected chi connectivity index (χ3v) is 3.65. The third kappa shape index (κ3) is 1.69. The highest BCUT2D eigenvalue weighted by molar-refractivity contribution is 5.77. The largest absolute Gasteiger partial charge is 0.465 e. The number of hydrogen-bond acceptors (Lipinski definition) is 3. The highest BCUT2D eigenvalue weighted by Crippen LogP contribution is 2.41. The van der Waals surface area contributed by atoms with E-state index in [0.29, 0.717) is 24.5 Å². The summed E-state index contributed by atoms with van der Waals surface area (Å²) >= 11 is 0. The van der Waals surface area contributed by atoms with E-state index in [9.17, 15) is 4.79 Å². The molecule has 1 aliphatic heterocycles. The maximum Gasteiger partial charge on any atom is 0.323 e. The van der Waals surface area contributed by atoms with Gasteiger partial charge in [-0.25, -0.2) is 0 Å². The Labute approximate surface area is 90.9 Å². The van der Waals surface area contributed by atoms with Crippen LogP contribution in [-0.4, -0.2) is 24.7 Å². The van der Waals surface area contributed by atoms with Crippen molar-refractivity contribution in [3.63, 3.8) is 0 Å². The minimum absolute atomic E-state index is 0.0834. The first kappa shape index (κ1) is 10.7. The number of rotatable bonds is 2. The van der Waals surface area contributed by atoms with E-state index in [1.807, 2.05) is 6.92 Å². The second-order valence-electron chi connectivity index (χ2n) is 4.56. The van der Waals surface area contributed by atoms with Crippen molar-refractivity contribution >= 4 is 5.97 Å². The average Bonchev–Trinajstić information content (AvgIpc) is 2.70. The lowest BCUT2D eigenvalue weighted by molar-refractivity contribution is -0.146. The molecule has 1 saturated heterocycles. The van der Waals surface area contributed by atoms with Crippen molar-refractivity contribution in [3.05, 3.63) is 11.6 Å². The van der Waals surface area contributed by atoms with Crippen LogP contribution in [-0.2, 0) is 9.53 Å². The fourth-order valence-electron chi connectivity index (χ4n) is 3.04. The molecule has 2 rings (SSSR count). The highest BCUT2D eigenvalue weighted by atomic mass is 16.5. The Morgan fingerprint density at radius 1 is 1.67 bits per heavy atom. The van der Waals surface area contributed by atoms with Gasteiger partial charge < -0.3 is 10.1 Å². The van der Waals surface area contributed by atoms with Gasteiger partial charge >= 0.3 is 5.97 Å². The lowest BCUT2D eigenvalue weighted by atomic mass is 9.87. The molecule has 0 unspecified atom stereocenters. The Morgan fingerprint density at radius 3 is 3.07 bits per heavy atom. The summed E-state index contributed by atoms with van der Waals surface area (Å²) < 4.78 is 5.09. The van der Waals surface area contributed by atoms with E-state index >= 15 is 0 Å². The van der Waals surface area contributed by atoms with E-state index in [2.05, 4.69) is 25.2 Å². The number of hydrogen-bond donors (Lipinski definition) is 1. The van der Waals surface area contributed by atoms with Crippen LogP contribution in [0.5, 0.6) is 0 Å². The average molecular weight is 209 g/mol. The van der Waals surface area contributed by atoms with Crippen molar-refractivity contribution < 1.29 is 9.53 Å². The molecule has 0 amide bonds. The molecule has 4 atom stereocenters. The molecule has 0 spiro atoms. The molecule has 3 nitrogen and oxygen atoms in total. The summed E-state index contributed by atoms with van der Waals surface area (Å²) in [4.78, 5) is 11.7. The minimum atomic E-state index is -0.0985. The highest BCUT2D eigenvalue weighted by Gasteiger charge is 2.47. The fraction of sp³-hybridized carbons (Fsp3) is 0.750. The monoisotopic (exact) mass is 209 g/mol. The molecule has 0 aromatic heterocycles. The van der Waals surface area contributed by atoms with Crippen molar-refractivity contribution in [2.24, 2.45) is 11.8 Å². The number of carbonyl (C=O) groups is 1. The van der Waals surface area contributed by atoms with Crippen LogP contribution in [0.1, 0.15) is 27.2 Å². The van der Waals surface area contributed by atoms with E-state index in [1.54, 1.807) is 0 Å². The van der Waals surface area contributed by atoms with E-state index in [0.717, 1.165) is 6.42 Å². The molecule has 0 aromatic rings. The summed E-state index contributed by atoms with van der Waals surface area (Å²) in [7, 11) is 0. The molecule has 3 heteroatoms. The predicted octanol–water partition coefficient (Wildman–Crippen LogP) is 1.49. The molecular formula is C12H19NO2. The molecule has 15 heavy (non-hydrogen) atoms. The van der Waals surface area contributed by atoms with Crippen molar-refractivity contribution in [2.75, 3.05) is 6.61 Å². The molecule has 1 aliphatic carbocycles. The molecule has 84 valence electrons. The van der Waals surface area contributed by atoms with Gasteiger partial charge in [-0.2, -0.15) is 0 Å². The standard InChI is InChI=1S/C12H19NO2/c1-4-15-12(14)11-9-6-5-7(2)10(9)8(3)13-11/h5,8-11,13H,4,6H2,1-3H3/t8-,9+,10+,11+/m1/s1. The maximum atomic E-state index is 11.7. The number of nitrogens with one attached hydrogen (secondary N) is 1. The van der Waals surface area contributed by atoms with Gasteiger partial charge in [0.2, 0.25) is 0 Å². The van der Waals surface area contributed by atoms with Gasteiger partial charge in [0, 0.05) is 6.04 Å². The SMILES string of the molecule is CCOC(=O)[C@H]1N[C@H](C)[C@@H]2C(C)=CC[C@@H]21. The van der Waals surface area contributed by atoms with Crippen LogP contribution >= 0.6 is 0 Å². The first-order chi connectivity index (χ1) is 7.15. The second kappa shape index (κ2) is 3.97. The lowest BCUT2D eigenvalue weighted by Gasteiger charge is -2.17. The molecule has 1 heterocycles. The van der Waals surface area contributed by atoms with Crippen LogP contribution < -0.4 is 5.32 Å². The summed E-state index contributed by atoms with van der Waals surface area (Å²) in [6.45, 7) is 6.64. The first-order valence-electron chi connectivity index (χ1n) is 5.74. The van der Waals surface area contributed by atoms with Crippen LogP contribution in [0.3, 0.4) is 0 Å². The van der Waals surface area contributed by atoms with E-state index < -0.39 is 0 Å². The Kier molecular flexibility index (Phi) is 2.83. The van der Waals surface area contributed by atoms with E-state index in [-0.39, 0.29) is 12.0 Å². The van der Waals surface area contributed by atoms with Gasteiger partial charge in [-0.3, -0.25) is 4.79 Å². The number of allylic oxidation sites excluding steroid dienone is 1. The van der Waals surface area contributed by atoms with Crippen LogP contribution in [0.15, 0.2) is 11.6 Å². The van der Waals surface area contributed by atoms with Crippen LogP contribution in [0.25, 0.3) is 0 Å².